The van der Waals surface area contributed by atoms with Crippen LogP contribution in [0.4, 0.5) is 13.2 Å². The van der Waals surface area contributed by atoms with Gasteiger partial charge in [-0.2, -0.15) is 21.6 Å². The van der Waals surface area contributed by atoms with Crippen molar-refractivity contribution in [1.82, 2.24) is 0 Å². The lowest BCUT2D eigenvalue weighted by atomic mass is 10.1. The molecule has 100 valence electrons. The molecular weight excluding hydrogens is 273 g/mol. The third-order valence-corrected chi connectivity index (χ3v) is 3.35. The van der Waals surface area contributed by atoms with E-state index in [0.29, 0.717) is 24.3 Å². The number of ether oxygens (including phenoxy) is 1. The van der Waals surface area contributed by atoms with Crippen LogP contribution in [0.5, 0.6) is 11.5 Å². The third-order valence-electron chi connectivity index (χ3n) is 2.37. The summed E-state index contributed by atoms with van der Waals surface area (Å²) >= 11 is 0. The Morgan fingerprint density at radius 3 is 2.67 bits per heavy atom. The Kier molecular flexibility index (Phi) is 3.14. The highest BCUT2D eigenvalue weighted by atomic mass is 32.2. The van der Waals surface area contributed by atoms with Gasteiger partial charge in [0.05, 0.1) is 6.61 Å². The first kappa shape index (κ1) is 13.0. The molecular formula is C10H9F3O4S. The van der Waals surface area contributed by atoms with Crippen molar-refractivity contribution >= 4 is 10.1 Å². The van der Waals surface area contributed by atoms with Gasteiger partial charge >= 0.3 is 15.6 Å². The normalized spacial score (nSPS) is 15.7. The van der Waals surface area contributed by atoms with E-state index in [1.54, 1.807) is 0 Å². The van der Waals surface area contributed by atoms with E-state index in [1.807, 2.05) is 0 Å². The van der Waals surface area contributed by atoms with Gasteiger partial charge in [-0.1, -0.05) is 0 Å². The number of halogens is 3. The maximum absolute atomic E-state index is 12.1. The quantitative estimate of drug-likeness (QED) is 0.616. The van der Waals surface area contributed by atoms with Crippen molar-refractivity contribution < 1.29 is 30.5 Å². The fourth-order valence-corrected chi connectivity index (χ4v) is 2.01. The predicted octanol–water partition coefficient (Wildman–Crippen LogP) is 2.24. The minimum Gasteiger partial charge on any atom is -0.493 e. The minimum atomic E-state index is -5.62. The Morgan fingerprint density at radius 1 is 1.28 bits per heavy atom. The molecule has 0 bridgehead atoms. The summed E-state index contributed by atoms with van der Waals surface area (Å²) in [6, 6.07) is 3.78. The van der Waals surface area contributed by atoms with E-state index < -0.39 is 15.6 Å². The predicted molar refractivity (Wildman–Crippen MR) is 55.9 cm³/mol. The average Bonchev–Trinajstić information content (AvgIpc) is 2.27. The lowest BCUT2D eigenvalue weighted by Crippen LogP contribution is -2.28. The topological polar surface area (TPSA) is 52.6 Å². The van der Waals surface area contributed by atoms with E-state index in [2.05, 4.69) is 4.18 Å². The zero-order valence-electron chi connectivity index (χ0n) is 9.03. The number of fused-ring (bicyclic) bond motifs is 1. The first-order valence-corrected chi connectivity index (χ1v) is 6.47. The molecule has 0 amide bonds. The summed E-state index contributed by atoms with van der Waals surface area (Å²) in [6.07, 6.45) is 1.33. The maximum Gasteiger partial charge on any atom is 0.534 e. The Labute approximate surface area is 101 Å². The molecule has 0 fully saturated rings. The second-order valence-corrected chi connectivity index (χ2v) is 5.24. The van der Waals surface area contributed by atoms with Gasteiger partial charge in [0.2, 0.25) is 0 Å². The fraction of sp³-hybridized carbons (Fsp3) is 0.400. The summed E-state index contributed by atoms with van der Waals surface area (Å²) in [6.45, 7) is 0.536. The molecule has 18 heavy (non-hydrogen) atoms. The monoisotopic (exact) mass is 282 g/mol. The van der Waals surface area contributed by atoms with Gasteiger partial charge in [0.25, 0.3) is 0 Å². The van der Waals surface area contributed by atoms with Crippen molar-refractivity contribution in [2.24, 2.45) is 0 Å². The minimum absolute atomic E-state index is 0.364. The molecule has 0 aromatic heterocycles. The summed E-state index contributed by atoms with van der Waals surface area (Å²) in [5.74, 6) is 0.176. The Bertz CT molecular complexity index is 551. The van der Waals surface area contributed by atoms with Crippen molar-refractivity contribution in [2.75, 3.05) is 6.61 Å². The van der Waals surface area contributed by atoms with E-state index in [9.17, 15) is 21.6 Å². The lowest BCUT2D eigenvalue weighted by molar-refractivity contribution is -0.0500. The molecule has 1 aliphatic rings. The number of hydrogen-bond acceptors (Lipinski definition) is 4. The van der Waals surface area contributed by atoms with Crippen LogP contribution in [0.25, 0.3) is 0 Å². The SMILES string of the molecule is O=S(=O)(Oc1ccc2c(c1)CCCO2)C(F)(F)F. The standard InChI is InChI=1S/C10H9F3O4S/c11-10(12,13)18(14,15)17-8-3-4-9-7(6-8)2-1-5-16-9/h3-4,6H,1-2,5H2. The van der Waals surface area contributed by atoms with Crippen LogP contribution in [0.2, 0.25) is 0 Å². The van der Waals surface area contributed by atoms with Gasteiger partial charge in [0, 0.05) is 0 Å². The van der Waals surface area contributed by atoms with Gasteiger partial charge < -0.3 is 8.92 Å². The molecule has 0 atom stereocenters. The van der Waals surface area contributed by atoms with Crippen LogP contribution in [0, 0.1) is 0 Å². The Hall–Kier alpha value is -1.44. The first-order valence-electron chi connectivity index (χ1n) is 5.06. The molecule has 1 aromatic carbocycles. The molecule has 0 unspecified atom stereocenters. The van der Waals surface area contributed by atoms with Crippen molar-refractivity contribution in [3.63, 3.8) is 0 Å². The molecule has 0 N–H and O–H groups in total. The molecule has 2 rings (SSSR count). The molecule has 4 nitrogen and oxygen atoms in total. The molecule has 0 saturated carbocycles. The molecule has 1 heterocycles. The molecule has 8 heteroatoms. The summed E-state index contributed by atoms with van der Waals surface area (Å²) in [7, 11) is -5.62. The van der Waals surface area contributed by atoms with Crippen molar-refractivity contribution in [2.45, 2.75) is 18.3 Å². The Morgan fingerprint density at radius 2 is 2.00 bits per heavy atom. The van der Waals surface area contributed by atoms with Gasteiger partial charge in [0.1, 0.15) is 11.5 Å². The Balaban J connectivity index is 2.26. The zero-order chi connectivity index (χ0) is 13.4. The second-order valence-electron chi connectivity index (χ2n) is 3.70. The van der Waals surface area contributed by atoms with Crippen LogP contribution in [-0.2, 0) is 16.5 Å². The van der Waals surface area contributed by atoms with E-state index >= 15 is 0 Å². The highest BCUT2D eigenvalue weighted by Gasteiger charge is 2.48. The summed E-state index contributed by atoms with van der Waals surface area (Å²) < 4.78 is 67.3. The molecule has 0 saturated heterocycles. The van der Waals surface area contributed by atoms with Crippen molar-refractivity contribution in [3.8, 4) is 11.5 Å². The number of rotatable bonds is 2. The molecule has 1 aliphatic heterocycles. The van der Waals surface area contributed by atoms with Gasteiger partial charge in [-0.15, -0.1) is 0 Å². The zero-order valence-corrected chi connectivity index (χ0v) is 9.85. The summed E-state index contributed by atoms with van der Waals surface area (Å²) in [4.78, 5) is 0. The second kappa shape index (κ2) is 4.34. The van der Waals surface area contributed by atoms with Crippen LogP contribution in [0.3, 0.4) is 0 Å². The summed E-state index contributed by atoms with van der Waals surface area (Å²) in [5, 5.41) is 0. The fourth-order valence-electron chi connectivity index (χ4n) is 1.56. The van der Waals surface area contributed by atoms with E-state index in [1.165, 1.54) is 12.1 Å². The van der Waals surface area contributed by atoms with E-state index in [0.717, 1.165) is 12.5 Å². The van der Waals surface area contributed by atoms with Gasteiger partial charge in [-0.25, -0.2) is 0 Å². The lowest BCUT2D eigenvalue weighted by Gasteiger charge is -2.18. The average molecular weight is 282 g/mol. The molecule has 0 spiro atoms. The largest absolute Gasteiger partial charge is 0.534 e. The van der Waals surface area contributed by atoms with Crippen molar-refractivity contribution in [3.05, 3.63) is 23.8 Å². The van der Waals surface area contributed by atoms with Crippen molar-refractivity contribution in [1.29, 1.82) is 0 Å². The van der Waals surface area contributed by atoms with Crippen LogP contribution < -0.4 is 8.92 Å². The smallest absolute Gasteiger partial charge is 0.493 e. The number of benzene rings is 1. The van der Waals surface area contributed by atoms with Crippen LogP contribution in [0.1, 0.15) is 12.0 Å². The number of alkyl halides is 3. The highest BCUT2D eigenvalue weighted by Crippen LogP contribution is 2.31. The first-order chi connectivity index (χ1) is 8.29. The number of aryl methyl sites for hydroxylation is 1. The van der Waals surface area contributed by atoms with Crippen LogP contribution >= 0.6 is 0 Å². The molecule has 0 radical (unpaired) electrons. The maximum atomic E-state index is 12.1. The van der Waals surface area contributed by atoms with Gasteiger partial charge in [-0.05, 0) is 36.6 Å². The molecule has 1 aromatic rings. The van der Waals surface area contributed by atoms with E-state index in [4.69, 9.17) is 4.74 Å². The van der Waals surface area contributed by atoms with Crippen LogP contribution in [0.15, 0.2) is 18.2 Å². The van der Waals surface area contributed by atoms with Gasteiger partial charge in [0.15, 0.2) is 0 Å². The number of hydrogen-bond donors (Lipinski definition) is 0. The third kappa shape index (κ3) is 2.53. The van der Waals surface area contributed by atoms with Crippen LogP contribution in [-0.4, -0.2) is 20.5 Å². The summed E-state index contributed by atoms with van der Waals surface area (Å²) in [5.41, 5.74) is -4.80. The highest BCUT2D eigenvalue weighted by molar-refractivity contribution is 7.87. The molecule has 0 aliphatic carbocycles. The van der Waals surface area contributed by atoms with E-state index in [-0.39, 0.29) is 5.75 Å². The van der Waals surface area contributed by atoms with Gasteiger partial charge in [-0.3, -0.25) is 0 Å².